The zero-order valence-corrected chi connectivity index (χ0v) is 15.0. The molecule has 1 aliphatic rings. The zero-order chi connectivity index (χ0) is 17.9. The summed E-state index contributed by atoms with van der Waals surface area (Å²) in [5, 5.41) is 25.7. The maximum Gasteiger partial charge on any atom is 0.178 e. The molecule has 7 heteroatoms. The lowest BCUT2D eigenvalue weighted by Crippen LogP contribution is -2.35. The van der Waals surface area contributed by atoms with Crippen LogP contribution in [0.5, 0.6) is 0 Å². The highest BCUT2D eigenvalue weighted by Gasteiger charge is 2.17. The molecule has 3 heterocycles. The SMILES string of the molecule is Cc1nnc2ccc(NCc3ccccc3CN3CCC(O)CC3)nn12. The third-order valence-corrected chi connectivity index (χ3v) is 4.95. The van der Waals surface area contributed by atoms with Crippen LogP contribution in [0.25, 0.3) is 5.65 Å². The number of hydrogen-bond donors (Lipinski definition) is 2. The number of fused-ring (bicyclic) bond motifs is 1. The fraction of sp³-hybridized carbons (Fsp3) is 0.421. The van der Waals surface area contributed by atoms with Gasteiger partial charge in [0, 0.05) is 26.2 Å². The van der Waals surface area contributed by atoms with E-state index in [1.807, 2.05) is 19.1 Å². The van der Waals surface area contributed by atoms with Crippen molar-refractivity contribution in [3.8, 4) is 0 Å². The lowest BCUT2D eigenvalue weighted by Gasteiger charge is -2.30. The third-order valence-electron chi connectivity index (χ3n) is 4.95. The van der Waals surface area contributed by atoms with Gasteiger partial charge in [-0.15, -0.1) is 15.3 Å². The quantitative estimate of drug-likeness (QED) is 0.731. The molecule has 1 aliphatic heterocycles. The van der Waals surface area contributed by atoms with Gasteiger partial charge in [-0.2, -0.15) is 4.52 Å². The molecule has 0 spiro atoms. The number of nitrogens with zero attached hydrogens (tertiary/aromatic N) is 5. The van der Waals surface area contributed by atoms with E-state index in [2.05, 4.69) is 49.8 Å². The molecule has 26 heavy (non-hydrogen) atoms. The Bertz CT molecular complexity index is 885. The highest BCUT2D eigenvalue weighted by Crippen LogP contribution is 2.17. The molecule has 1 aromatic carbocycles. The van der Waals surface area contributed by atoms with Crippen LogP contribution in [0.1, 0.15) is 29.8 Å². The number of rotatable bonds is 5. The highest BCUT2D eigenvalue weighted by molar-refractivity contribution is 5.44. The molecule has 2 aromatic heterocycles. The van der Waals surface area contributed by atoms with E-state index in [9.17, 15) is 5.11 Å². The van der Waals surface area contributed by atoms with Gasteiger partial charge in [-0.1, -0.05) is 24.3 Å². The molecule has 7 nitrogen and oxygen atoms in total. The van der Waals surface area contributed by atoms with E-state index in [1.165, 1.54) is 11.1 Å². The van der Waals surface area contributed by atoms with Crippen LogP contribution in [0.2, 0.25) is 0 Å². The molecular formula is C19H24N6O. The van der Waals surface area contributed by atoms with Crippen molar-refractivity contribution in [3.05, 3.63) is 53.3 Å². The molecule has 1 saturated heterocycles. The molecule has 0 bridgehead atoms. The van der Waals surface area contributed by atoms with Crippen molar-refractivity contribution in [3.63, 3.8) is 0 Å². The van der Waals surface area contributed by atoms with Crippen molar-refractivity contribution in [1.29, 1.82) is 0 Å². The van der Waals surface area contributed by atoms with Crippen molar-refractivity contribution in [2.45, 2.75) is 39.0 Å². The Morgan fingerprint density at radius 1 is 1.08 bits per heavy atom. The molecule has 0 atom stereocenters. The molecule has 0 aliphatic carbocycles. The average molecular weight is 352 g/mol. The van der Waals surface area contributed by atoms with Gasteiger partial charge in [0.25, 0.3) is 0 Å². The number of nitrogens with one attached hydrogen (secondary N) is 1. The number of aromatic nitrogens is 4. The molecule has 0 radical (unpaired) electrons. The zero-order valence-electron chi connectivity index (χ0n) is 15.0. The van der Waals surface area contributed by atoms with Crippen LogP contribution in [-0.4, -0.2) is 49.0 Å². The molecule has 4 rings (SSSR count). The maximum absolute atomic E-state index is 9.68. The Morgan fingerprint density at radius 2 is 1.85 bits per heavy atom. The monoisotopic (exact) mass is 352 g/mol. The Morgan fingerprint density at radius 3 is 2.65 bits per heavy atom. The van der Waals surface area contributed by atoms with E-state index >= 15 is 0 Å². The van der Waals surface area contributed by atoms with Crippen LogP contribution >= 0.6 is 0 Å². The first-order chi connectivity index (χ1) is 12.7. The number of benzene rings is 1. The maximum atomic E-state index is 9.68. The fourth-order valence-corrected chi connectivity index (χ4v) is 3.38. The number of aryl methyl sites for hydroxylation is 1. The van der Waals surface area contributed by atoms with E-state index in [-0.39, 0.29) is 6.10 Å². The van der Waals surface area contributed by atoms with Gasteiger partial charge in [-0.05, 0) is 43.0 Å². The molecule has 2 N–H and O–H groups in total. The minimum Gasteiger partial charge on any atom is -0.393 e. The standard InChI is InChI=1S/C19H24N6O/c1-14-21-22-19-7-6-18(23-25(14)19)20-12-15-4-2-3-5-16(15)13-24-10-8-17(26)9-11-24/h2-7,17,26H,8-13H2,1H3,(H,20,23). The van der Waals surface area contributed by atoms with E-state index in [0.717, 1.165) is 49.8 Å². The summed E-state index contributed by atoms with van der Waals surface area (Å²) in [5.74, 6) is 1.58. The van der Waals surface area contributed by atoms with Crippen LogP contribution in [0, 0.1) is 6.92 Å². The van der Waals surface area contributed by atoms with Gasteiger partial charge in [0.1, 0.15) is 5.82 Å². The predicted molar refractivity (Wildman–Crippen MR) is 99.8 cm³/mol. The van der Waals surface area contributed by atoms with Crippen molar-refractivity contribution in [1.82, 2.24) is 24.7 Å². The first-order valence-corrected chi connectivity index (χ1v) is 9.09. The highest BCUT2D eigenvalue weighted by atomic mass is 16.3. The predicted octanol–water partition coefficient (Wildman–Crippen LogP) is 2.00. The smallest absolute Gasteiger partial charge is 0.178 e. The van der Waals surface area contributed by atoms with Gasteiger partial charge in [0.05, 0.1) is 6.10 Å². The van der Waals surface area contributed by atoms with Crippen LogP contribution in [0.4, 0.5) is 5.82 Å². The number of likely N-dealkylation sites (tertiary alicyclic amines) is 1. The Balaban J connectivity index is 1.45. The number of hydrogen-bond acceptors (Lipinski definition) is 6. The van der Waals surface area contributed by atoms with E-state index in [4.69, 9.17) is 0 Å². The second kappa shape index (κ2) is 7.39. The first kappa shape index (κ1) is 16.9. The second-order valence-electron chi connectivity index (χ2n) is 6.87. The van der Waals surface area contributed by atoms with Gasteiger partial charge in [0.15, 0.2) is 11.5 Å². The van der Waals surface area contributed by atoms with Crippen LogP contribution in [-0.2, 0) is 13.1 Å². The van der Waals surface area contributed by atoms with E-state index < -0.39 is 0 Å². The summed E-state index contributed by atoms with van der Waals surface area (Å²) in [6, 6.07) is 12.3. The third kappa shape index (κ3) is 3.68. The summed E-state index contributed by atoms with van der Waals surface area (Å²) in [7, 11) is 0. The largest absolute Gasteiger partial charge is 0.393 e. The summed E-state index contributed by atoms with van der Waals surface area (Å²) in [6.07, 6.45) is 1.59. The van der Waals surface area contributed by atoms with Crippen molar-refractivity contribution < 1.29 is 5.11 Å². The number of piperidine rings is 1. The van der Waals surface area contributed by atoms with E-state index in [1.54, 1.807) is 4.52 Å². The van der Waals surface area contributed by atoms with Gasteiger partial charge < -0.3 is 10.4 Å². The van der Waals surface area contributed by atoms with Gasteiger partial charge in [0.2, 0.25) is 0 Å². The van der Waals surface area contributed by atoms with Crippen LogP contribution in [0.3, 0.4) is 0 Å². The minimum atomic E-state index is -0.134. The molecule has 3 aromatic rings. The molecule has 1 fully saturated rings. The van der Waals surface area contributed by atoms with Crippen LogP contribution in [0.15, 0.2) is 36.4 Å². The summed E-state index contributed by atoms with van der Waals surface area (Å²) < 4.78 is 1.74. The summed E-state index contributed by atoms with van der Waals surface area (Å²) >= 11 is 0. The fourth-order valence-electron chi connectivity index (χ4n) is 3.38. The number of anilines is 1. The molecular weight excluding hydrogens is 328 g/mol. The van der Waals surface area contributed by atoms with Gasteiger partial charge >= 0.3 is 0 Å². The van der Waals surface area contributed by atoms with Gasteiger partial charge in [-0.3, -0.25) is 4.90 Å². The number of aliphatic hydroxyl groups is 1. The Labute approximate surface area is 152 Å². The van der Waals surface area contributed by atoms with Crippen molar-refractivity contribution in [2.24, 2.45) is 0 Å². The molecule has 0 amide bonds. The molecule has 0 unspecified atom stereocenters. The summed E-state index contributed by atoms with van der Waals surface area (Å²) in [6.45, 7) is 5.43. The molecule has 0 saturated carbocycles. The normalized spacial score (nSPS) is 16.2. The molecule has 136 valence electrons. The Hall–Kier alpha value is -2.51. The van der Waals surface area contributed by atoms with Crippen molar-refractivity contribution >= 4 is 11.5 Å². The minimum absolute atomic E-state index is 0.134. The lowest BCUT2D eigenvalue weighted by atomic mass is 10.0. The first-order valence-electron chi connectivity index (χ1n) is 9.09. The Kier molecular flexibility index (Phi) is 4.81. The number of aliphatic hydroxyl groups excluding tert-OH is 1. The average Bonchev–Trinajstić information content (AvgIpc) is 3.03. The van der Waals surface area contributed by atoms with Crippen LogP contribution < -0.4 is 5.32 Å². The lowest BCUT2D eigenvalue weighted by molar-refractivity contribution is 0.0791. The topological polar surface area (TPSA) is 78.6 Å². The van der Waals surface area contributed by atoms with E-state index in [0.29, 0.717) is 6.54 Å². The second-order valence-corrected chi connectivity index (χ2v) is 6.87. The van der Waals surface area contributed by atoms with Crippen molar-refractivity contribution in [2.75, 3.05) is 18.4 Å². The summed E-state index contributed by atoms with van der Waals surface area (Å²) in [4.78, 5) is 2.41. The summed E-state index contributed by atoms with van der Waals surface area (Å²) in [5.41, 5.74) is 3.33. The van der Waals surface area contributed by atoms with Gasteiger partial charge in [-0.25, -0.2) is 0 Å².